The van der Waals surface area contributed by atoms with Crippen LogP contribution in [0.3, 0.4) is 0 Å². The lowest BCUT2D eigenvalue weighted by Gasteiger charge is -2.30. The van der Waals surface area contributed by atoms with Crippen molar-refractivity contribution in [1.82, 2.24) is 9.88 Å². The van der Waals surface area contributed by atoms with Gasteiger partial charge in [0.05, 0.1) is 6.10 Å². The van der Waals surface area contributed by atoms with Crippen molar-refractivity contribution < 1.29 is 4.74 Å². The van der Waals surface area contributed by atoms with Crippen molar-refractivity contribution in [3.8, 4) is 0 Å². The molecule has 2 N–H and O–H groups in total. The van der Waals surface area contributed by atoms with Crippen molar-refractivity contribution in [2.75, 3.05) is 18.9 Å². The highest BCUT2D eigenvalue weighted by Gasteiger charge is 2.27. The molecule has 2 aliphatic rings. The van der Waals surface area contributed by atoms with Crippen LogP contribution >= 0.6 is 11.3 Å². The Hall–Kier alpha value is -0.650. The lowest BCUT2D eigenvalue weighted by molar-refractivity contribution is 0.0546. The Labute approximate surface area is 119 Å². The van der Waals surface area contributed by atoms with Gasteiger partial charge in [-0.25, -0.2) is 4.98 Å². The van der Waals surface area contributed by atoms with Crippen LogP contribution < -0.4 is 5.73 Å². The van der Waals surface area contributed by atoms with E-state index in [2.05, 4.69) is 9.88 Å². The molecular formula is C14H23N3OS. The van der Waals surface area contributed by atoms with Gasteiger partial charge in [0, 0.05) is 36.8 Å². The van der Waals surface area contributed by atoms with Gasteiger partial charge in [-0.15, -0.1) is 11.3 Å². The number of anilines is 1. The van der Waals surface area contributed by atoms with Crippen LogP contribution in [0.15, 0.2) is 6.20 Å². The third-order valence-electron chi connectivity index (χ3n) is 4.23. The minimum absolute atomic E-state index is 0.436. The molecule has 0 radical (unpaired) electrons. The van der Waals surface area contributed by atoms with Gasteiger partial charge in [0.2, 0.25) is 0 Å². The summed E-state index contributed by atoms with van der Waals surface area (Å²) in [5.41, 5.74) is 5.74. The van der Waals surface area contributed by atoms with Crippen molar-refractivity contribution in [3.05, 3.63) is 11.1 Å². The molecule has 0 amide bonds. The van der Waals surface area contributed by atoms with Crippen molar-refractivity contribution in [2.24, 2.45) is 0 Å². The summed E-state index contributed by atoms with van der Waals surface area (Å²) in [6, 6.07) is 0.729. The van der Waals surface area contributed by atoms with Crippen LogP contribution in [-0.2, 0) is 11.3 Å². The van der Waals surface area contributed by atoms with Gasteiger partial charge < -0.3 is 10.5 Å². The Morgan fingerprint density at radius 1 is 1.32 bits per heavy atom. The van der Waals surface area contributed by atoms with Crippen LogP contribution in [0.25, 0.3) is 0 Å². The lowest BCUT2D eigenvalue weighted by atomic mass is 10.1. The molecule has 1 saturated carbocycles. The second kappa shape index (κ2) is 6.20. The molecule has 1 aliphatic carbocycles. The van der Waals surface area contributed by atoms with Gasteiger partial charge in [0.15, 0.2) is 5.13 Å². The predicted octanol–water partition coefficient (Wildman–Crippen LogP) is 2.65. The van der Waals surface area contributed by atoms with Crippen molar-refractivity contribution >= 4 is 16.5 Å². The second-order valence-corrected chi connectivity index (χ2v) is 6.81. The summed E-state index contributed by atoms with van der Waals surface area (Å²) in [5.74, 6) is 0. The SMILES string of the molecule is Nc1ncc(CN(CC2CCCO2)C2CCCC2)s1. The summed E-state index contributed by atoms with van der Waals surface area (Å²) in [4.78, 5) is 8.05. The zero-order chi connectivity index (χ0) is 13.1. The smallest absolute Gasteiger partial charge is 0.180 e. The first kappa shape index (κ1) is 13.3. The summed E-state index contributed by atoms with van der Waals surface area (Å²) >= 11 is 1.62. The monoisotopic (exact) mass is 281 g/mol. The molecule has 4 nitrogen and oxygen atoms in total. The zero-order valence-electron chi connectivity index (χ0n) is 11.4. The van der Waals surface area contributed by atoms with E-state index in [1.807, 2.05) is 6.20 Å². The van der Waals surface area contributed by atoms with Gasteiger partial charge in [-0.3, -0.25) is 4.90 Å². The molecule has 106 valence electrons. The summed E-state index contributed by atoms with van der Waals surface area (Å²) in [6.45, 7) is 3.00. The van der Waals surface area contributed by atoms with Crippen molar-refractivity contribution in [2.45, 2.75) is 57.2 Å². The van der Waals surface area contributed by atoms with E-state index in [9.17, 15) is 0 Å². The van der Waals surface area contributed by atoms with Gasteiger partial charge in [-0.05, 0) is 25.7 Å². The molecule has 1 aromatic rings. The molecule has 0 bridgehead atoms. The van der Waals surface area contributed by atoms with Crippen LogP contribution in [-0.4, -0.2) is 35.2 Å². The molecule has 1 unspecified atom stereocenters. The largest absolute Gasteiger partial charge is 0.377 e. The molecular weight excluding hydrogens is 258 g/mol. The highest BCUT2D eigenvalue weighted by Crippen LogP contribution is 2.28. The minimum atomic E-state index is 0.436. The fraction of sp³-hybridized carbons (Fsp3) is 0.786. The van der Waals surface area contributed by atoms with E-state index >= 15 is 0 Å². The van der Waals surface area contributed by atoms with Crippen molar-refractivity contribution in [1.29, 1.82) is 0 Å². The molecule has 0 spiro atoms. The maximum Gasteiger partial charge on any atom is 0.180 e. The third kappa shape index (κ3) is 3.46. The highest BCUT2D eigenvalue weighted by molar-refractivity contribution is 7.15. The Morgan fingerprint density at radius 3 is 2.79 bits per heavy atom. The normalized spacial score (nSPS) is 24.6. The number of nitrogens with two attached hydrogens (primary N) is 1. The van der Waals surface area contributed by atoms with Gasteiger partial charge in [0.25, 0.3) is 0 Å². The van der Waals surface area contributed by atoms with Gasteiger partial charge >= 0.3 is 0 Å². The van der Waals surface area contributed by atoms with Crippen LogP contribution in [0.2, 0.25) is 0 Å². The van der Waals surface area contributed by atoms with Crippen LogP contribution in [0.5, 0.6) is 0 Å². The summed E-state index contributed by atoms with van der Waals surface area (Å²) in [6.07, 6.45) is 10.2. The number of rotatable bonds is 5. The van der Waals surface area contributed by atoms with E-state index < -0.39 is 0 Å². The van der Waals surface area contributed by atoms with Crippen LogP contribution in [0, 0.1) is 0 Å². The molecule has 1 saturated heterocycles. The van der Waals surface area contributed by atoms with Crippen LogP contribution in [0.4, 0.5) is 5.13 Å². The summed E-state index contributed by atoms with van der Waals surface area (Å²) < 4.78 is 5.81. The average molecular weight is 281 g/mol. The van der Waals surface area contributed by atoms with E-state index in [1.165, 1.54) is 43.4 Å². The number of hydrogen-bond acceptors (Lipinski definition) is 5. The Balaban J connectivity index is 1.64. The molecule has 19 heavy (non-hydrogen) atoms. The number of thiazole rings is 1. The molecule has 1 aromatic heterocycles. The van der Waals surface area contributed by atoms with E-state index in [0.29, 0.717) is 11.2 Å². The van der Waals surface area contributed by atoms with Crippen LogP contribution in [0.1, 0.15) is 43.4 Å². The lowest BCUT2D eigenvalue weighted by Crippen LogP contribution is -2.38. The van der Waals surface area contributed by atoms with E-state index in [-0.39, 0.29) is 0 Å². The quantitative estimate of drug-likeness (QED) is 0.901. The van der Waals surface area contributed by atoms with E-state index in [4.69, 9.17) is 10.5 Å². The highest BCUT2D eigenvalue weighted by atomic mass is 32.1. The number of nitrogen functional groups attached to an aromatic ring is 1. The molecule has 0 aromatic carbocycles. The molecule has 5 heteroatoms. The first-order valence-corrected chi connectivity index (χ1v) is 8.19. The number of aromatic nitrogens is 1. The minimum Gasteiger partial charge on any atom is -0.377 e. The maximum absolute atomic E-state index is 5.81. The van der Waals surface area contributed by atoms with E-state index in [1.54, 1.807) is 11.3 Å². The number of hydrogen-bond donors (Lipinski definition) is 1. The molecule has 1 aliphatic heterocycles. The summed E-state index contributed by atoms with van der Waals surface area (Å²) in [5, 5.41) is 0.679. The number of nitrogens with zero attached hydrogens (tertiary/aromatic N) is 2. The first-order chi connectivity index (χ1) is 9.31. The Bertz CT molecular complexity index is 397. The topological polar surface area (TPSA) is 51.4 Å². The molecule has 2 heterocycles. The predicted molar refractivity (Wildman–Crippen MR) is 78.2 cm³/mol. The molecule has 1 atom stereocenters. The maximum atomic E-state index is 5.81. The van der Waals surface area contributed by atoms with Gasteiger partial charge in [-0.1, -0.05) is 12.8 Å². The average Bonchev–Trinajstić information content (AvgIpc) is 3.10. The Kier molecular flexibility index (Phi) is 4.35. The number of ether oxygens (including phenoxy) is 1. The molecule has 2 fully saturated rings. The second-order valence-electron chi connectivity index (χ2n) is 5.67. The Morgan fingerprint density at radius 2 is 2.16 bits per heavy atom. The van der Waals surface area contributed by atoms with Gasteiger partial charge in [-0.2, -0.15) is 0 Å². The third-order valence-corrected chi connectivity index (χ3v) is 5.04. The fourth-order valence-electron chi connectivity index (χ4n) is 3.26. The van der Waals surface area contributed by atoms with Crippen molar-refractivity contribution in [3.63, 3.8) is 0 Å². The van der Waals surface area contributed by atoms with Gasteiger partial charge in [0.1, 0.15) is 0 Å². The van der Waals surface area contributed by atoms with E-state index in [0.717, 1.165) is 25.7 Å². The zero-order valence-corrected chi connectivity index (χ0v) is 12.2. The standard InChI is InChI=1S/C14H23N3OS/c15-14-16-8-13(19-14)10-17(11-4-1-2-5-11)9-12-6-3-7-18-12/h8,11-12H,1-7,9-10H2,(H2,15,16). The first-order valence-electron chi connectivity index (χ1n) is 7.37. The molecule has 3 rings (SSSR count). The fourth-order valence-corrected chi connectivity index (χ4v) is 3.97. The summed E-state index contributed by atoms with van der Waals surface area (Å²) in [7, 11) is 0.